The average Bonchev–Trinajstić information content (AvgIpc) is 3.21. The van der Waals surface area contributed by atoms with Crippen LogP contribution in [0.25, 0.3) is 0 Å². The predicted octanol–water partition coefficient (Wildman–Crippen LogP) is 13.2. The molecule has 0 aromatic heterocycles. The molecule has 0 aliphatic heterocycles. The number of carboxylic acid groups (broad SMARTS) is 1. The van der Waals surface area contributed by atoms with Crippen LogP contribution >= 0.6 is 0 Å². The van der Waals surface area contributed by atoms with Crippen molar-refractivity contribution in [1.29, 1.82) is 0 Å². The van der Waals surface area contributed by atoms with E-state index in [9.17, 15) is 19.5 Å². The number of hydrogen-bond donors (Lipinski definition) is 1. The number of carbonyl (C=O) groups is 3. The van der Waals surface area contributed by atoms with Gasteiger partial charge < -0.3 is 28.5 Å². The van der Waals surface area contributed by atoms with Crippen LogP contribution in [0.1, 0.15) is 200 Å². The maximum absolute atomic E-state index is 12.8. The van der Waals surface area contributed by atoms with E-state index >= 15 is 0 Å². The van der Waals surface area contributed by atoms with Gasteiger partial charge in [0.1, 0.15) is 13.2 Å². The van der Waals surface area contributed by atoms with Crippen LogP contribution in [-0.4, -0.2) is 87.4 Å². The highest BCUT2D eigenvalue weighted by atomic mass is 16.7. The highest BCUT2D eigenvalue weighted by molar-refractivity contribution is 5.71. The lowest BCUT2D eigenvalue weighted by atomic mass is 10.0. The van der Waals surface area contributed by atoms with Crippen molar-refractivity contribution in [1.82, 2.24) is 0 Å². The molecule has 0 heterocycles. The summed E-state index contributed by atoms with van der Waals surface area (Å²) in [5, 5.41) is 9.64. The van der Waals surface area contributed by atoms with Gasteiger partial charge in [-0.2, -0.15) is 0 Å². The van der Waals surface area contributed by atoms with E-state index in [0.717, 1.165) is 64.2 Å². The molecule has 9 heteroatoms. The Kier molecular flexibility index (Phi) is 41.0. The minimum absolute atomic E-state index is 0.181. The summed E-state index contributed by atoms with van der Waals surface area (Å²) in [7, 11) is 5.95. The number of hydrogen-bond acceptors (Lipinski definition) is 7. The van der Waals surface area contributed by atoms with Crippen molar-refractivity contribution >= 4 is 17.9 Å². The Morgan fingerprint density at radius 3 is 1.42 bits per heavy atom. The van der Waals surface area contributed by atoms with E-state index in [4.69, 9.17) is 18.9 Å². The summed E-state index contributed by atoms with van der Waals surface area (Å²) in [5.41, 5.74) is 0. The number of carbonyl (C=O) groups excluding carboxylic acids is 2. The molecular weight excluding hydrogens is 755 g/mol. The van der Waals surface area contributed by atoms with Gasteiger partial charge in [0.15, 0.2) is 6.10 Å². The van der Waals surface area contributed by atoms with Crippen LogP contribution in [0.3, 0.4) is 0 Å². The summed E-state index contributed by atoms with van der Waals surface area (Å²) in [6.07, 6.45) is 47.5. The molecule has 0 fully saturated rings. The molecule has 0 saturated carbocycles. The van der Waals surface area contributed by atoms with E-state index in [1.807, 2.05) is 21.1 Å². The van der Waals surface area contributed by atoms with E-state index < -0.39 is 24.3 Å². The monoisotopic (exact) mass is 847 g/mol. The summed E-state index contributed by atoms with van der Waals surface area (Å²) >= 11 is 0. The maximum Gasteiger partial charge on any atom is 0.361 e. The van der Waals surface area contributed by atoms with Crippen molar-refractivity contribution in [2.75, 3.05) is 47.5 Å². The standard InChI is InChI=1S/C51H91NO8/c1-6-8-10-12-14-16-18-19-20-21-22-23-24-25-26-27-28-29-30-31-32-34-36-38-40-42-49(54)60-47(46-59-51(50(55)56)57-44-43-52(3,4)5)45-58-48(53)41-39-37-35-33-17-15-13-11-9-7-2/h8,10,14,16,19-20,22-23,47,51H,6-7,9,11-13,15,17-18,21,24-46H2,1-5H3/p+1/b10-8-,16-14-,20-19-,23-22-. The zero-order chi connectivity index (χ0) is 44.2. The van der Waals surface area contributed by atoms with Crippen LogP contribution in [0.4, 0.5) is 0 Å². The second kappa shape index (κ2) is 42.9. The van der Waals surface area contributed by atoms with Crippen molar-refractivity contribution in [3.05, 3.63) is 48.6 Å². The molecule has 2 atom stereocenters. The lowest BCUT2D eigenvalue weighted by molar-refractivity contribution is -0.870. The first kappa shape index (κ1) is 57.2. The Morgan fingerprint density at radius 2 is 0.950 bits per heavy atom. The zero-order valence-corrected chi connectivity index (χ0v) is 39.4. The first-order chi connectivity index (χ1) is 29.1. The predicted molar refractivity (Wildman–Crippen MR) is 249 cm³/mol. The average molecular weight is 847 g/mol. The van der Waals surface area contributed by atoms with Gasteiger partial charge in [0.25, 0.3) is 6.29 Å². The molecule has 1 N–H and O–H groups in total. The lowest BCUT2D eigenvalue weighted by Crippen LogP contribution is -2.40. The topological polar surface area (TPSA) is 108 Å². The van der Waals surface area contributed by atoms with Crippen LogP contribution in [0.2, 0.25) is 0 Å². The summed E-state index contributed by atoms with van der Waals surface area (Å²) in [4.78, 5) is 37.1. The molecule has 2 unspecified atom stereocenters. The molecule has 0 amide bonds. The highest BCUT2D eigenvalue weighted by Gasteiger charge is 2.25. The number of rotatable bonds is 44. The Morgan fingerprint density at radius 1 is 0.517 bits per heavy atom. The molecule has 0 aromatic carbocycles. The highest BCUT2D eigenvalue weighted by Crippen LogP contribution is 2.15. The zero-order valence-electron chi connectivity index (χ0n) is 39.4. The van der Waals surface area contributed by atoms with Crippen LogP contribution < -0.4 is 0 Å². The van der Waals surface area contributed by atoms with Crippen molar-refractivity contribution in [2.45, 2.75) is 212 Å². The van der Waals surface area contributed by atoms with Gasteiger partial charge in [-0.1, -0.05) is 184 Å². The van der Waals surface area contributed by atoms with E-state index in [1.165, 1.54) is 109 Å². The van der Waals surface area contributed by atoms with Crippen molar-refractivity contribution < 1.29 is 42.9 Å². The molecular formula is C51H92NO8+. The first-order valence-corrected chi connectivity index (χ1v) is 24.3. The fourth-order valence-corrected chi connectivity index (χ4v) is 6.59. The molecule has 348 valence electrons. The van der Waals surface area contributed by atoms with Gasteiger partial charge >= 0.3 is 17.9 Å². The minimum atomic E-state index is -1.51. The minimum Gasteiger partial charge on any atom is -0.477 e. The van der Waals surface area contributed by atoms with Crippen molar-refractivity contribution in [3.63, 3.8) is 0 Å². The van der Waals surface area contributed by atoms with E-state index in [2.05, 4.69) is 62.5 Å². The fraction of sp³-hybridized carbons (Fsp3) is 0.784. The third kappa shape index (κ3) is 43.3. The van der Waals surface area contributed by atoms with Gasteiger partial charge in [-0.15, -0.1) is 0 Å². The molecule has 0 saturated heterocycles. The number of carboxylic acids is 1. The smallest absolute Gasteiger partial charge is 0.361 e. The molecule has 0 spiro atoms. The van der Waals surface area contributed by atoms with E-state index in [1.54, 1.807) is 0 Å². The lowest BCUT2D eigenvalue weighted by Gasteiger charge is -2.25. The second-order valence-corrected chi connectivity index (χ2v) is 17.4. The van der Waals surface area contributed by atoms with Crippen LogP contribution in [0.5, 0.6) is 0 Å². The Balaban J connectivity index is 4.25. The van der Waals surface area contributed by atoms with Crippen LogP contribution in [-0.2, 0) is 33.3 Å². The molecule has 0 aromatic rings. The number of nitrogens with zero attached hydrogens (tertiary/aromatic N) is 1. The molecule has 0 bridgehead atoms. The van der Waals surface area contributed by atoms with E-state index in [0.29, 0.717) is 17.4 Å². The quantitative estimate of drug-likeness (QED) is 0.0212. The molecule has 0 aliphatic rings. The van der Waals surface area contributed by atoms with Gasteiger partial charge in [-0.05, 0) is 51.4 Å². The summed E-state index contributed by atoms with van der Waals surface area (Å²) < 4.78 is 22.7. The molecule has 0 radical (unpaired) electrons. The molecule has 9 nitrogen and oxygen atoms in total. The maximum atomic E-state index is 12.8. The Hall–Kier alpha value is -2.75. The van der Waals surface area contributed by atoms with Gasteiger partial charge in [0.2, 0.25) is 0 Å². The van der Waals surface area contributed by atoms with Crippen molar-refractivity contribution in [2.24, 2.45) is 0 Å². The molecule has 0 aliphatic carbocycles. The third-order valence-corrected chi connectivity index (χ3v) is 10.3. The molecule has 0 rings (SSSR count). The van der Waals surface area contributed by atoms with Gasteiger partial charge in [0.05, 0.1) is 34.4 Å². The van der Waals surface area contributed by atoms with Crippen LogP contribution in [0, 0.1) is 0 Å². The fourth-order valence-electron chi connectivity index (χ4n) is 6.59. The number of esters is 2. The summed E-state index contributed by atoms with van der Waals surface area (Å²) in [5.74, 6) is -2.01. The second-order valence-electron chi connectivity index (χ2n) is 17.4. The largest absolute Gasteiger partial charge is 0.477 e. The number of quaternary nitrogens is 1. The number of allylic oxidation sites excluding steroid dienone is 8. The van der Waals surface area contributed by atoms with Gasteiger partial charge in [-0.3, -0.25) is 9.59 Å². The van der Waals surface area contributed by atoms with Gasteiger partial charge in [-0.25, -0.2) is 4.79 Å². The number of ether oxygens (including phenoxy) is 4. The Bertz CT molecular complexity index is 1120. The Labute approximate surface area is 368 Å². The van der Waals surface area contributed by atoms with E-state index in [-0.39, 0.29) is 32.2 Å². The molecule has 60 heavy (non-hydrogen) atoms. The SMILES string of the molecule is CC/C=C\C/C=C\C/C=C\C/C=C\CCCCCCCCCCCCCCC(=O)OC(COC(=O)CCCCCCCCCCCC)COC(OCC[N+](C)(C)C)C(=O)O. The number of unbranched alkanes of at least 4 members (excludes halogenated alkanes) is 21. The summed E-state index contributed by atoms with van der Waals surface area (Å²) in [6, 6.07) is 0. The van der Waals surface area contributed by atoms with Gasteiger partial charge in [0, 0.05) is 12.8 Å². The normalized spacial score (nSPS) is 13.3. The van der Waals surface area contributed by atoms with Crippen LogP contribution in [0.15, 0.2) is 48.6 Å². The number of likely N-dealkylation sites (N-methyl/N-ethyl adjacent to an activating group) is 1. The number of aliphatic carboxylic acids is 1. The summed E-state index contributed by atoms with van der Waals surface area (Å²) in [6.45, 7) is 4.75. The third-order valence-electron chi connectivity index (χ3n) is 10.3. The van der Waals surface area contributed by atoms with Crippen molar-refractivity contribution in [3.8, 4) is 0 Å². The first-order valence-electron chi connectivity index (χ1n) is 24.3.